The molecule has 16 heteroatoms. The minimum absolute atomic E-state index is 0.0901. The summed E-state index contributed by atoms with van der Waals surface area (Å²) in [5, 5.41) is 8.89. The second kappa shape index (κ2) is 21.4. The Hall–Kier alpha value is -4.93. The quantitative estimate of drug-likeness (QED) is 0.241. The van der Waals surface area contributed by atoms with E-state index < -0.39 is 23.8 Å². The predicted octanol–water partition coefficient (Wildman–Crippen LogP) is 4.54. The molecular formula is C46H62BrN9O6. The largest absolute Gasteiger partial charge is 0.386 e. The third-order valence-electron chi connectivity index (χ3n) is 13.0. The van der Waals surface area contributed by atoms with Gasteiger partial charge in [0.2, 0.25) is 18.2 Å². The third-order valence-corrected chi connectivity index (χ3v) is 13.8. The van der Waals surface area contributed by atoms with Gasteiger partial charge in [-0.25, -0.2) is 4.68 Å². The molecule has 2 aromatic carbocycles. The van der Waals surface area contributed by atoms with Crippen LogP contribution < -0.4 is 21.1 Å². The lowest BCUT2D eigenvalue weighted by Gasteiger charge is -2.36. The van der Waals surface area contributed by atoms with Crippen LogP contribution in [0.1, 0.15) is 84.1 Å². The van der Waals surface area contributed by atoms with Crippen LogP contribution in [0.4, 0.5) is 11.4 Å². The van der Waals surface area contributed by atoms with Gasteiger partial charge < -0.3 is 24.9 Å². The highest BCUT2D eigenvalue weighted by molar-refractivity contribution is 9.10. The van der Waals surface area contributed by atoms with Gasteiger partial charge in [0.25, 0.3) is 17.4 Å². The Kier molecular flexibility index (Phi) is 16.1. The lowest BCUT2D eigenvalue weighted by Crippen LogP contribution is -2.54. The number of rotatable bonds is 8. The molecule has 2 atom stereocenters. The average molecular weight is 917 g/mol. The molecule has 3 aromatic rings. The first-order valence-corrected chi connectivity index (χ1v) is 22.7. The average Bonchev–Trinajstić information content (AvgIpc) is 3.89. The Labute approximate surface area is 373 Å². The first kappa shape index (κ1) is 46.6. The number of benzene rings is 2. The summed E-state index contributed by atoms with van der Waals surface area (Å²) in [7, 11) is 5.53. The summed E-state index contributed by atoms with van der Waals surface area (Å²) < 4.78 is 1.78. The van der Waals surface area contributed by atoms with Crippen LogP contribution in [0.2, 0.25) is 0 Å². The van der Waals surface area contributed by atoms with E-state index in [4.69, 9.17) is 0 Å². The zero-order chi connectivity index (χ0) is 44.4. The molecule has 5 saturated heterocycles. The van der Waals surface area contributed by atoms with Crippen LogP contribution >= 0.6 is 15.9 Å². The van der Waals surface area contributed by atoms with Crippen LogP contribution in [0, 0.1) is 18.3 Å². The normalized spacial score (nSPS) is 22.0. The molecule has 0 radical (unpaired) electrons. The van der Waals surface area contributed by atoms with Crippen molar-refractivity contribution < 1.29 is 24.0 Å². The lowest BCUT2D eigenvalue weighted by molar-refractivity contribution is -0.139. The van der Waals surface area contributed by atoms with Gasteiger partial charge in [0.1, 0.15) is 10.5 Å². The van der Waals surface area contributed by atoms with Crippen molar-refractivity contribution >= 4 is 57.3 Å². The summed E-state index contributed by atoms with van der Waals surface area (Å²) >= 11 is 3.16. The van der Waals surface area contributed by atoms with E-state index in [1.165, 1.54) is 37.0 Å². The van der Waals surface area contributed by atoms with E-state index in [1.807, 2.05) is 60.4 Å². The van der Waals surface area contributed by atoms with Crippen LogP contribution in [-0.2, 0) is 21.4 Å². The predicted molar refractivity (Wildman–Crippen MR) is 243 cm³/mol. The Morgan fingerprint density at radius 2 is 1.65 bits per heavy atom. The molecule has 62 heavy (non-hydrogen) atoms. The van der Waals surface area contributed by atoms with Crippen molar-refractivity contribution in [3.63, 3.8) is 0 Å². The Morgan fingerprint density at radius 1 is 0.935 bits per heavy atom. The van der Waals surface area contributed by atoms with Crippen LogP contribution in [0.15, 0.2) is 64.0 Å². The van der Waals surface area contributed by atoms with Gasteiger partial charge in [-0.15, -0.1) is 0 Å². The molecule has 2 N–H and O–H groups in total. The molecule has 5 fully saturated rings. The fourth-order valence-electron chi connectivity index (χ4n) is 9.25. The number of hydrogen-bond acceptors (Lipinski definition) is 11. The van der Waals surface area contributed by atoms with E-state index in [-0.39, 0.29) is 29.7 Å². The Morgan fingerprint density at radius 3 is 2.29 bits per heavy atom. The molecule has 334 valence electrons. The number of amides is 5. The van der Waals surface area contributed by atoms with Crippen molar-refractivity contribution in [3.8, 4) is 0 Å². The fourth-order valence-corrected chi connectivity index (χ4v) is 9.81. The van der Waals surface area contributed by atoms with Gasteiger partial charge >= 0.3 is 0 Å². The number of hydrogen-bond donors (Lipinski definition) is 2. The number of halogens is 1. The van der Waals surface area contributed by atoms with Gasteiger partial charge in [0, 0.05) is 82.0 Å². The minimum atomic E-state index is -0.988. The Bertz CT molecular complexity index is 2120. The number of anilines is 2. The maximum atomic E-state index is 13.4. The third kappa shape index (κ3) is 11.5. The smallest absolute Gasteiger partial charge is 0.282 e. The highest BCUT2D eigenvalue weighted by Gasteiger charge is 2.45. The van der Waals surface area contributed by atoms with Gasteiger partial charge in [-0.3, -0.25) is 39.0 Å². The molecule has 1 spiro atoms. The number of aryl methyl sites for hydroxylation is 2. The van der Waals surface area contributed by atoms with Crippen LogP contribution in [-0.4, -0.2) is 138 Å². The minimum Gasteiger partial charge on any atom is -0.386 e. The zero-order valence-corrected chi connectivity index (χ0v) is 38.2. The molecule has 0 bridgehead atoms. The second-order valence-electron chi connectivity index (χ2n) is 17.5. The van der Waals surface area contributed by atoms with E-state index in [9.17, 15) is 28.8 Å². The van der Waals surface area contributed by atoms with E-state index in [0.29, 0.717) is 28.1 Å². The highest BCUT2D eigenvalue weighted by Crippen LogP contribution is 2.41. The molecule has 0 aliphatic carbocycles. The summed E-state index contributed by atoms with van der Waals surface area (Å²) in [4.78, 5) is 83.7. The summed E-state index contributed by atoms with van der Waals surface area (Å²) in [6.45, 7) is 11.1. The lowest BCUT2D eigenvalue weighted by atomic mass is 9.86. The van der Waals surface area contributed by atoms with Crippen molar-refractivity contribution in [2.24, 2.45) is 18.4 Å². The van der Waals surface area contributed by atoms with Crippen LogP contribution in [0.5, 0.6) is 0 Å². The van der Waals surface area contributed by atoms with Gasteiger partial charge in [-0.1, -0.05) is 30.7 Å². The number of likely N-dealkylation sites (tertiary alicyclic amines) is 3. The zero-order valence-electron chi connectivity index (χ0n) is 36.6. The van der Waals surface area contributed by atoms with E-state index in [0.717, 1.165) is 93.2 Å². The van der Waals surface area contributed by atoms with Gasteiger partial charge in [-0.2, -0.15) is 5.10 Å². The van der Waals surface area contributed by atoms with Crippen molar-refractivity contribution in [2.45, 2.75) is 70.8 Å². The molecule has 6 heterocycles. The van der Waals surface area contributed by atoms with Crippen molar-refractivity contribution in [1.29, 1.82) is 0 Å². The molecular weight excluding hydrogens is 854 g/mol. The molecule has 2 unspecified atom stereocenters. The topological polar surface area (TPSA) is 160 Å². The number of nitrogens with zero attached hydrogens (tertiary/aromatic N) is 7. The molecule has 5 aliphatic heterocycles. The van der Waals surface area contributed by atoms with E-state index in [1.54, 1.807) is 20.3 Å². The first-order chi connectivity index (χ1) is 29.8. The summed E-state index contributed by atoms with van der Waals surface area (Å²) in [6, 6.07) is 14.3. The molecule has 0 saturated carbocycles. The summed E-state index contributed by atoms with van der Waals surface area (Å²) in [5.74, 6) is -0.801. The van der Waals surface area contributed by atoms with E-state index in [2.05, 4.69) is 53.4 Å². The van der Waals surface area contributed by atoms with Gasteiger partial charge in [0.15, 0.2) is 0 Å². The van der Waals surface area contributed by atoms with Crippen molar-refractivity contribution in [1.82, 2.24) is 34.7 Å². The molecule has 5 amide bonds. The summed E-state index contributed by atoms with van der Waals surface area (Å²) in [5.41, 5.74) is 3.59. The maximum Gasteiger partial charge on any atom is 0.282 e. The SMILES string of the molecule is CN1CCCCC1.CNc1cnn(C)c(=O)c1Br.Cc1ccc(N2CCC(CN3CCC4(CCN(C(=O)c5ccccc5)C4)C3)CC2)cc1C(=O)N(C=O)C1CCC(=O)NC1=O. The second-order valence-corrected chi connectivity index (χ2v) is 18.3. The number of imide groups is 2. The van der Waals surface area contributed by atoms with E-state index >= 15 is 0 Å². The van der Waals surface area contributed by atoms with Gasteiger partial charge in [-0.05, 0) is 130 Å². The van der Waals surface area contributed by atoms with Crippen molar-refractivity contribution in [3.05, 3.63) is 86.2 Å². The Balaban J connectivity index is 0.000000293. The number of aromatic nitrogens is 2. The molecule has 8 rings (SSSR count). The number of carbonyl (C=O) groups is 5. The van der Waals surface area contributed by atoms with Crippen molar-refractivity contribution in [2.75, 3.05) is 83.2 Å². The summed E-state index contributed by atoms with van der Waals surface area (Å²) in [6.07, 6.45) is 10.8. The number of carbonyl (C=O) groups excluding carboxylic acids is 5. The van der Waals surface area contributed by atoms with Gasteiger partial charge in [0.05, 0.1) is 11.9 Å². The molecule has 1 aromatic heterocycles. The monoisotopic (exact) mass is 915 g/mol. The maximum absolute atomic E-state index is 13.4. The number of nitrogens with one attached hydrogen (secondary N) is 2. The standard InChI is InChI=1S/C34H41N5O5.C6H8BrN3O.C6H13N/c1-24-7-8-27(19-28(24)33(44)39(23-40)29-9-10-30(41)35-31(29)42)37-15-11-25(12-16-37)20-36-17-13-34(21-36)14-18-38(22-34)32(43)26-5-3-2-4-6-26;1-8-4-3-9-10(2)6(11)5(4)7;1-7-5-3-2-4-6-7/h2-8,19,23,25,29H,9-18,20-22H2,1H3,(H,35,41,42);3,8H,1-2H3;2-6H2,1H3. The number of piperidine rings is 3. The molecule has 15 nitrogen and oxygen atoms in total. The highest BCUT2D eigenvalue weighted by atomic mass is 79.9. The van der Waals surface area contributed by atoms with Crippen LogP contribution in [0.3, 0.4) is 0 Å². The first-order valence-electron chi connectivity index (χ1n) is 21.9. The molecule has 5 aliphatic rings. The fraction of sp³-hybridized carbons (Fsp3) is 0.543. The van der Waals surface area contributed by atoms with Crippen LogP contribution in [0.25, 0.3) is 0 Å².